The zero-order chi connectivity index (χ0) is 15.2. The van der Waals surface area contributed by atoms with E-state index < -0.39 is 11.4 Å². The predicted octanol–water partition coefficient (Wildman–Crippen LogP) is 1.65. The van der Waals surface area contributed by atoms with E-state index in [1.54, 1.807) is 24.0 Å². The Morgan fingerprint density at radius 1 is 1.35 bits per heavy atom. The summed E-state index contributed by atoms with van der Waals surface area (Å²) in [5, 5.41) is 9.44. The fourth-order valence-corrected chi connectivity index (χ4v) is 2.74. The number of carboxylic acid groups (broad SMARTS) is 1. The van der Waals surface area contributed by atoms with Gasteiger partial charge < -0.3 is 19.6 Å². The van der Waals surface area contributed by atoms with Gasteiger partial charge in [-0.25, -0.2) is 4.79 Å². The largest absolute Gasteiger partial charge is 0.481 e. The zero-order valence-electron chi connectivity index (χ0n) is 12.7. The van der Waals surface area contributed by atoms with Gasteiger partial charge in [0, 0.05) is 33.8 Å². The van der Waals surface area contributed by atoms with Crippen molar-refractivity contribution in [3.63, 3.8) is 0 Å². The highest BCUT2D eigenvalue weighted by atomic mass is 16.5. The van der Waals surface area contributed by atoms with Gasteiger partial charge in [-0.05, 0) is 19.3 Å². The molecule has 1 fully saturated rings. The van der Waals surface area contributed by atoms with Crippen LogP contribution < -0.4 is 0 Å². The van der Waals surface area contributed by atoms with Crippen LogP contribution in [0.15, 0.2) is 0 Å². The first kappa shape index (κ1) is 16.8. The number of methoxy groups -OCH3 is 1. The van der Waals surface area contributed by atoms with Crippen LogP contribution in [0.5, 0.6) is 0 Å². The molecule has 0 aromatic rings. The van der Waals surface area contributed by atoms with Crippen molar-refractivity contribution >= 4 is 12.0 Å². The molecule has 0 radical (unpaired) electrons. The number of likely N-dealkylation sites (N-methyl/N-ethyl adjacent to an activating group) is 1. The van der Waals surface area contributed by atoms with Crippen LogP contribution in [0.1, 0.15) is 32.6 Å². The van der Waals surface area contributed by atoms with Crippen molar-refractivity contribution in [2.45, 2.75) is 32.6 Å². The first-order chi connectivity index (χ1) is 9.46. The van der Waals surface area contributed by atoms with Crippen molar-refractivity contribution < 1.29 is 19.4 Å². The Kier molecular flexibility index (Phi) is 6.26. The third-order valence-electron chi connectivity index (χ3n) is 4.13. The molecule has 0 spiro atoms. The molecular weight excluding hydrogens is 260 g/mol. The molecule has 1 N–H and O–H groups in total. The van der Waals surface area contributed by atoms with Crippen molar-refractivity contribution in [3.8, 4) is 0 Å². The summed E-state index contributed by atoms with van der Waals surface area (Å²) in [4.78, 5) is 27.0. The van der Waals surface area contributed by atoms with E-state index in [0.29, 0.717) is 45.5 Å². The number of carbonyl (C=O) groups excluding carboxylic acids is 1. The molecule has 1 rings (SSSR count). The summed E-state index contributed by atoms with van der Waals surface area (Å²) >= 11 is 0. The summed E-state index contributed by atoms with van der Waals surface area (Å²) in [5.74, 6) is -0.723. The first-order valence-corrected chi connectivity index (χ1v) is 7.19. The van der Waals surface area contributed by atoms with Crippen LogP contribution in [0.2, 0.25) is 0 Å². The van der Waals surface area contributed by atoms with Crippen molar-refractivity contribution in [2.75, 3.05) is 40.4 Å². The number of amides is 2. The van der Waals surface area contributed by atoms with Gasteiger partial charge in [0.05, 0.1) is 12.0 Å². The molecule has 116 valence electrons. The van der Waals surface area contributed by atoms with Crippen LogP contribution in [0.4, 0.5) is 4.79 Å². The second kappa shape index (κ2) is 7.47. The van der Waals surface area contributed by atoms with Gasteiger partial charge in [0.2, 0.25) is 0 Å². The van der Waals surface area contributed by atoms with Crippen LogP contribution >= 0.6 is 0 Å². The molecule has 0 atom stereocenters. The Morgan fingerprint density at radius 3 is 2.40 bits per heavy atom. The van der Waals surface area contributed by atoms with Gasteiger partial charge in [-0.2, -0.15) is 0 Å². The van der Waals surface area contributed by atoms with Crippen molar-refractivity contribution in [1.82, 2.24) is 9.80 Å². The highest BCUT2D eigenvalue weighted by molar-refractivity contribution is 5.77. The smallest absolute Gasteiger partial charge is 0.319 e. The molecule has 1 saturated heterocycles. The monoisotopic (exact) mass is 286 g/mol. The quantitative estimate of drug-likeness (QED) is 0.806. The lowest BCUT2D eigenvalue weighted by Gasteiger charge is -2.40. The SMILES string of the molecule is CCCC1(C(=O)O)CCN(C(=O)N(C)CCOC)CC1. The molecular formula is C14H26N2O4. The number of aliphatic carboxylic acids is 1. The second-order valence-electron chi connectivity index (χ2n) is 5.52. The van der Waals surface area contributed by atoms with Crippen molar-refractivity contribution in [1.29, 1.82) is 0 Å². The number of nitrogens with zero attached hydrogens (tertiary/aromatic N) is 2. The minimum absolute atomic E-state index is 0.0439. The van der Waals surface area contributed by atoms with Crippen molar-refractivity contribution in [3.05, 3.63) is 0 Å². The summed E-state index contributed by atoms with van der Waals surface area (Å²) in [6.45, 7) is 4.08. The normalized spacial score (nSPS) is 17.9. The average Bonchev–Trinajstić information content (AvgIpc) is 2.44. The highest BCUT2D eigenvalue weighted by Gasteiger charge is 2.41. The number of carboxylic acids is 1. The summed E-state index contributed by atoms with van der Waals surface area (Å²) in [6, 6.07) is -0.0439. The standard InChI is InChI=1S/C14H26N2O4/c1-4-5-14(12(17)18)6-8-16(9-7-14)13(19)15(2)10-11-20-3/h4-11H2,1-3H3,(H,17,18). The lowest BCUT2D eigenvalue weighted by molar-refractivity contribution is -0.152. The van der Waals surface area contributed by atoms with E-state index in [1.807, 2.05) is 6.92 Å². The Morgan fingerprint density at radius 2 is 1.95 bits per heavy atom. The Labute approximate surface area is 120 Å². The van der Waals surface area contributed by atoms with Gasteiger partial charge in [0.1, 0.15) is 0 Å². The van der Waals surface area contributed by atoms with Crippen LogP contribution in [0, 0.1) is 5.41 Å². The molecule has 20 heavy (non-hydrogen) atoms. The summed E-state index contributed by atoms with van der Waals surface area (Å²) in [6.07, 6.45) is 2.62. The number of likely N-dealkylation sites (tertiary alicyclic amines) is 1. The number of carbonyl (C=O) groups is 2. The minimum atomic E-state index is -0.723. The fourth-order valence-electron chi connectivity index (χ4n) is 2.74. The maximum atomic E-state index is 12.2. The van der Waals surface area contributed by atoms with E-state index in [0.717, 1.165) is 6.42 Å². The molecule has 6 nitrogen and oxygen atoms in total. The van der Waals surface area contributed by atoms with E-state index in [9.17, 15) is 14.7 Å². The molecule has 1 aliphatic heterocycles. The number of ether oxygens (including phenoxy) is 1. The van der Waals surface area contributed by atoms with E-state index >= 15 is 0 Å². The number of piperidine rings is 1. The number of hydrogen-bond acceptors (Lipinski definition) is 3. The van der Waals surface area contributed by atoms with Crippen LogP contribution in [-0.2, 0) is 9.53 Å². The lowest BCUT2D eigenvalue weighted by Crippen LogP contribution is -2.50. The van der Waals surface area contributed by atoms with Crippen LogP contribution in [-0.4, -0.2) is 67.3 Å². The Balaban J connectivity index is 2.56. The van der Waals surface area contributed by atoms with Gasteiger partial charge in [0.25, 0.3) is 0 Å². The van der Waals surface area contributed by atoms with Crippen LogP contribution in [0.25, 0.3) is 0 Å². The van der Waals surface area contributed by atoms with Crippen molar-refractivity contribution in [2.24, 2.45) is 5.41 Å². The molecule has 0 unspecified atom stereocenters. The molecule has 0 aromatic carbocycles. The highest BCUT2D eigenvalue weighted by Crippen LogP contribution is 2.36. The zero-order valence-corrected chi connectivity index (χ0v) is 12.7. The Bertz CT molecular complexity index is 338. The molecule has 0 bridgehead atoms. The maximum absolute atomic E-state index is 12.2. The minimum Gasteiger partial charge on any atom is -0.481 e. The molecule has 6 heteroatoms. The lowest BCUT2D eigenvalue weighted by atomic mass is 9.75. The molecule has 0 saturated carbocycles. The third kappa shape index (κ3) is 3.85. The van der Waals surface area contributed by atoms with Gasteiger partial charge in [-0.1, -0.05) is 13.3 Å². The third-order valence-corrected chi connectivity index (χ3v) is 4.13. The van der Waals surface area contributed by atoms with Gasteiger partial charge >= 0.3 is 12.0 Å². The summed E-state index contributed by atoms with van der Waals surface area (Å²) < 4.78 is 4.96. The first-order valence-electron chi connectivity index (χ1n) is 7.19. The maximum Gasteiger partial charge on any atom is 0.319 e. The molecule has 0 aromatic heterocycles. The van der Waals surface area contributed by atoms with Gasteiger partial charge in [-0.15, -0.1) is 0 Å². The van der Waals surface area contributed by atoms with E-state index in [4.69, 9.17) is 4.74 Å². The second-order valence-corrected chi connectivity index (χ2v) is 5.52. The van der Waals surface area contributed by atoms with E-state index in [2.05, 4.69) is 0 Å². The Hall–Kier alpha value is -1.30. The molecule has 0 aliphatic carbocycles. The topological polar surface area (TPSA) is 70.1 Å². The summed E-state index contributed by atoms with van der Waals surface area (Å²) in [7, 11) is 3.34. The molecule has 2 amide bonds. The molecule has 1 heterocycles. The predicted molar refractivity (Wildman–Crippen MR) is 75.7 cm³/mol. The number of hydrogen-bond donors (Lipinski definition) is 1. The van der Waals surface area contributed by atoms with E-state index in [-0.39, 0.29) is 6.03 Å². The van der Waals surface area contributed by atoms with Gasteiger partial charge in [-0.3, -0.25) is 4.79 Å². The average molecular weight is 286 g/mol. The number of rotatable bonds is 6. The fraction of sp³-hybridized carbons (Fsp3) is 0.857. The number of urea groups is 1. The van der Waals surface area contributed by atoms with Crippen LogP contribution in [0.3, 0.4) is 0 Å². The van der Waals surface area contributed by atoms with E-state index in [1.165, 1.54) is 0 Å². The van der Waals surface area contributed by atoms with Gasteiger partial charge in [0.15, 0.2) is 0 Å². The molecule has 1 aliphatic rings. The summed E-state index contributed by atoms with van der Waals surface area (Å²) in [5.41, 5.74) is -0.642.